The van der Waals surface area contributed by atoms with E-state index in [2.05, 4.69) is 4.74 Å². The fourth-order valence-electron chi connectivity index (χ4n) is 1.32. The minimum absolute atomic E-state index is 0.446. The summed E-state index contributed by atoms with van der Waals surface area (Å²) in [7, 11) is 1.23. The number of hydrogen-bond donors (Lipinski definition) is 1. The first-order valence-corrected chi connectivity index (χ1v) is 5.40. The van der Waals surface area contributed by atoms with Crippen LogP contribution in [0.2, 0.25) is 0 Å². The SMILES string of the molecule is CCOC(OCC)C(C)(C)C(O)C(=O)OC. The summed E-state index contributed by atoms with van der Waals surface area (Å²) < 4.78 is 15.3. The van der Waals surface area contributed by atoms with Crippen LogP contribution in [-0.2, 0) is 19.0 Å². The Labute approximate surface area is 96.7 Å². The van der Waals surface area contributed by atoms with E-state index < -0.39 is 23.8 Å². The van der Waals surface area contributed by atoms with Crippen molar-refractivity contribution in [1.29, 1.82) is 0 Å². The minimum Gasteiger partial charge on any atom is -0.467 e. The molecule has 0 saturated carbocycles. The van der Waals surface area contributed by atoms with Crippen LogP contribution in [0.25, 0.3) is 0 Å². The summed E-state index contributed by atoms with van der Waals surface area (Å²) in [6, 6.07) is 0. The number of carbonyl (C=O) groups excluding carboxylic acids is 1. The molecule has 96 valence electrons. The van der Waals surface area contributed by atoms with Gasteiger partial charge in [-0.2, -0.15) is 0 Å². The lowest BCUT2D eigenvalue weighted by atomic mass is 9.85. The van der Waals surface area contributed by atoms with Crippen molar-refractivity contribution in [1.82, 2.24) is 0 Å². The number of carbonyl (C=O) groups is 1. The smallest absolute Gasteiger partial charge is 0.335 e. The van der Waals surface area contributed by atoms with E-state index >= 15 is 0 Å². The molecule has 0 fully saturated rings. The van der Waals surface area contributed by atoms with E-state index in [-0.39, 0.29) is 0 Å². The molecule has 5 nitrogen and oxygen atoms in total. The van der Waals surface area contributed by atoms with Gasteiger partial charge in [-0.3, -0.25) is 0 Å². The van der Waals surface area contributed by atoms with Crippen LogP contribution in [0.4, 0.5) is 0 Å². The standard InChI is InChI=1S/C11H22O5/c1-6-15-10(16-7-2)11(3,4)8(12)9(13)14-5/h8,10,12H,6-7H2,1-5H3. The molecule has 0 amide bonds. The number of esters is 1. The van der Waals surface area contributed by atoms with E-state index in [1.54, 1.807) is 13.8 Å². The predicted molar refractivity (Wildman–Crippen MR) is 58.8 cm³/mol. The zero-order chi connectivity index (χ0) is 12.8. The van der Waals surface area contributed by atoms with Crippen LogP contribution in [0, 0.1) is 5.41 Å². The maximum atomic E-state index is 11.3. The Morgan fingerprint density at radius 1 is 1.25 bits per heavy atom. The first-order chi connectivity index (χ1) is 7.41. The summed E-state index contributed by atoms with van der Waals surface area (Å²) in [5.74, 6) is -0.686. The molecule has 0 bridgehead atoms. The van der Waals surface area contributed by atoms with Gasteiger partial charge in [0, 0.05) is 13.2 Å². The van der Waals surface area contributed by atoms with Crippen molar-refractivity contribution in [2.45, 2.75) is 40.1 Å². The van der Waals surface area contributed by atoms with Crippen LogP contribution in [-0.4, -0.2) is 43.8 Å². The zero-order valence-corrected chi connectivity index (χ0v) is 10.6. The van der Waals surface area contributed by atoms with Crippen LogP contribution >= 0.6 is 0 Å². The molecule has 0 saturated heterocycles. The Morgan fingerprint density at radius 2 is 1.69 bits per heavy atom. The Hall–Kier alpha value is -0.650. The zero-order valence-electron chi connectivity index (χ0n) is 10.6. The van der Waals surface area contributed by atoms with Crippen LogP contribution in [0.3, 0.4) is 0 Å². The summed E-state index contributed by atoms with van der Waals surface area (Å²) in [6.45, 7) is 7.94. The normalized spacial score (nSPS) is 13.9. The van der Waals surface area contributed by atoms with Crippen molar-refractivity contribution in [2.24, 2.45) is 5.41 Å². The fraction of sp³-hybridized carbons (Fsp3) is 0.909. The van der Waals surface area contributed by atoms with Gasteiger partial charge in [0.25, 0.3) is 0 Å². The second-order valence-electron chi connectivity index (χ2n) is 3.99. The summed E-state index contributed by atoms with van der Waals surface area (Å²) in [5, 5.41) is 9.83. The van der Waals surface area contributed by atoms with Gasteiger partial charge in [0.2, 0.25) is 0 Å². The fourth-order valence-corrected chi connectivity index (χ4v) is 1.32. The number of ether oxygens (including phenoxy) is 3. The Morgan fingerprint density at radius 3 is 2.00 bits per heavy atom. The van der Waals surface area contributed by atoms with Crippen molar-refractivity contribution >= 4 is 5.97 Å². The molecule has 1 N–H and O–H groups in total. The van der Waals surface area contributed by atoms with Crippen molar-refractivity contribution < 1.29 is 24.1 Å². The summed E-state index contributed by atoms with van der Waals surface area (Å²) in [6.07, 6.45) is -1.92. The Kier molecular flexibility index (Phi) is 6.55. The lowest BCUT2D eigenvalue weighted by Gasteiger charge is -2.35. The van der Waals surface area contributed by atoms with Gasteiger partial charge in [0.05, 0.1) is 12.5 Å². The topological polar surface area (TPSA) is 65.0 Å². The van der Waals surface area contributed by atoms with E-state index in [0.29, 0.717) is 13.2 Å². The summed E-state index contributed by atoms with van der Waals surface area (Å²) in [5.41, 5.74) is -0.862. The third kappa shape index (κ3) is 3.73. The first-order valence-electron chi connectivity index (χ1n) is 5.40. The van der Waals surface area contributed by atoms with E-state index in [1.807, 2.05) is 13.8 Å². The average molecular weight is 234 g/mol. The molecular weight excluding hydrogens is 212 g/mol. The maximum absolute atomic E-state index is 11.3. The predicted octanol–water partition coefficient (Wildman–Crippen LogP) is 0.946. The second kappa shape index (κ2) is 6.83. The van der Waals surface area contributed by atoms with Crippen LogP contribution < -0.4 is 0 Å². The van der Waals surface area contributed by atoms with E-state index in [4.69, 9.17) is 9.47 Å². The molecule has 0 heterocycles. The average Bonchev–Trinajstić information content (AvgIpc) is 2.26. The molecule has 0 rings (SSSR count). The maximum Gasteiger partial charge on any atom is 0.335 e. The van der Waals surface area contributed by atoms with Gasteiger partial charge in [-0.25, -0.2) is 4.79 Å². The highest BCUT2D eigenvalue weighted by atomic mass is 16.7. The second-order valence-corrected chi connectivity index (χ2v) is 3.99. The van der Waals surface area contributed by atoms with Crippen LogP contribution in [0.1, 0.15) is 27.7 Å². The number of hydrogen-bond acceptors (Lipinski definition) is 5. The number of rotatable bonds is 7. The van der Waals surface area contributed by atoms with Gasteiger partial charge in [-0.05, 0) is 13.8 Å². The number of methoxy groups -OCH3 is 1. The van der Waals surface area contributed by atoms with Gasteiger partial charge in [0.1, 0.15) is 0 Å². The molecule has 0 aromatic carbocycles. The van der Waals surface area contributed by atoms with E-state index in [9.17, 15) is 9.90 Å². The number of aliphatic hydroxyl groups is 1. The Bertz CT molecular complexity index is 208. The molecule has 0 aromatic rings. The largest absolute Gasteiger partial charge is 0.467 e. The minimum atomic E-state index is -1.28. The quantitative estimate of drug-likeness (QED) is 0.524. The third-order valence-electron chi connectivity index (χ3n) is 2.37. The molecule has 0 radical (unpaired) electrons. The Balaban J connectivity index is 4.73. The first kappa shape index (κ1) is 15.3. The third-order valence-corrected chi connectivity index (χ3v) is 2.37. The molecule has 5 heteroatoms. The molecule has 0 aliphatic carbocycles. The molecule has 0 aliphatic heterocycles. The summed E-state index contributed by atoms with van der Waals surface area (Å²) in [4.78, 5) is 11.3. The van der Waals surface area contributed by atoms with Gasteiger partial charge < -0.3 is 19.3 Å². The molecule has 16 heavy (non-hydrogen) atoms. The molecule has 0 spiro atoms. The van der Waals surface area contributed by atoms with E-state index in [1.165, 1.54) is 7.11 Å². The van der Waals surface area contributed by atoms with Crippen molar-refractivity contribution in [3.8, 4) is 0 Å². The highest BCUT2D eigenvalue weighted by Gasteiger charge is 2.42. The number of aliphatic hydroxyl groups excluding tert-OH is 1. The highest BCUT2D eigenvalue weighted by molar-refractivity contribution is 5.75. The van der Waals surface area contributed by atoms with Gasteiger partial charge in [0.15, 0.2) is 12.4 Å². The molecular formula is C11H22O5. The van der Waals surface area contributed by atoms with Crippen molar-refractivity contribution in [2.75, 3.05) is 20.3 Å². The molecule has 1 unspecified atom stereocenters. The lowest BCUT2D eigenvalue weighted by molar-refractivity contribution is -0.224. The van der Waals surface area contributed by atoms with E-state index in [0.717, 1.165) is 0 Å². The van der Waals surface area contributed by atoms with Crippen LogP contribution in [0.5, 0.6) is 0 Å². The van der Waals surface area contributed by atoms with Gasteiger partial charge >= 0.3 is 5.97 Å². The highest BCUT2D eigenvalue weighted by Crippen LogP contribution is 2.29. The molecule has 0 aromatic heterocycles. The lowest BCUT2D eigenvalue weighted by Crippen LogP contribution is -2.47. The summed E-state index contributed by atoms with van der Waals surface area (Å²) >= 11 is 0. The monoisotopic (exact) mass is 234 g/mol. The van der Waals surface area contributed by atoms with Crippen LogP contribution in [0.15, 0.2) is 0 Å². The molecule has 1 atom stereocenters. The molecule has 0 aliphatic rings. The van der Waals surface area contributed by atoms with Gasteiger partial charge in [-0.1, -0.05) is 13.8 Å². The van der Waals surface area contributed by atoms with Crippen molar-refractivity contribution in [3.63, 3.8) is 0 Å². The van der Waals surface area contributed by atoms with Crippen molar-refractivity contribution in [3.05, 3.63) is 0 Å². The van der Waals surface area contributed by atoms with Gasteiger partial charge in [-0.15, -0.1) is 0 Å².